The fourth-order valence-corrected chi connectivity index (χ4v) is 2.20. The van der Waals surface area contributed by atoms with Crippen LogP contribution in [0.1, 0.15) is 27.9 Å². The van der Waals surface area contributed by atoms with Gasteiger partial charge in [0, 0.05) is 5.56 Å². The highest BCUT2D eigenvalue weighted by atomic mass is 32.2. The molecule has 4 nitrogen and oxygen atoms in total. The lowest BCUT2D eigenvalue weighted by atomic mass is 10.0. The summed E-state index contributed by atoms with van der Waals surface area (Å²) in [6, 6.07) is 4.61. The van der Waals surface area contributed by atoms with Crippen molar-refractivity contribution in [3.05, 3.63) is 34.9 Å². The van der Waals surface area contributed by atoms with Gasteiger partial charge in [0.15, 0.2) is 0 Å². The Morgan fingerprint density at radius 3 is 2.63 bits per heavy atom. The van der Waals surface area contributed by atoms with E-state index in [1.165, 1.54) is 0 Å². The van der Waals surface area contributed by atoms with Crippen molar-refractivity contribution in [3.63, 3.8) is 0 Å². The predicted molar refractivity (Wildman–Crippen MR) is 77.8 cm³/mol. The van der Waals surface area contributed by atoms with Crippen LogP contribution in [-0.2, 0) is 4.79 Å². The summed E-state index contributed by atoms with van der Waals surface area (Å²) in [5.74, 6) is -0.619. The molecule has 0 heterocycles. The van der Waals surface area contributed by atoms with E-state index in [-0.39, 0.29) is 5.91 Å². The van der Waals surface area contributed by atoms with Gasteiger partial charge in [0.05, 0.1) is 0 Å². The third kappa shape index (κ3) is 4.28. The topological polar surface area (TPSA) is 66.4 Å². The van der Waals surface area contributed by atoms with Crippen molar-refractivity contribution in [2.45, 2.75) is 26.3 Å². The molecule has 5 heteroatoms. The maximum atomic E-state index is 12.1. The number of hydrogen-bond donors (Lipinski definition) is 2. The van der Waals surface area contributed by atoms with Crippen LogP contribution in [0.3, 0.4) is 0 Å². The summed E-state index contributed by atoms with van der Waals surface area (Å²) in [5.41, 5.74) is 2.44. The number of hydrogen-bond acceptors (Lipinski definition) is 3. The largest absolute Gasteiger partial charge is 0.480 e. The van der Waals surface area contributed by atoms with E-state index >= 15 is 0 Å². The molecular weight excluding hydrogens is 262 g/mol. The van der Waals surface area contributed by atoms with Crippen LogP contribution in [-0.4, -0.2) is 35.0 Å². The van der Waals surface area contributed by atoms with Gasteiger partial charge in [-0.3, -0.25) is 4.79 Å². The molecule has 0 fully saturated rings. The molecule has 0 aliphatic carbocycles. The van der Waals surface area contributed by atoms with E-state index in [4.69, 9.17) is 5.11 Å². The number of carbonyl (C=O) groups excluding carboxylic acids is 1. The van der Waals surface area contributed by atoms with Gasteiger partial charge in [-0.2, -0.15) is 11.8 Å². The molecule has 0 unspecified atom stereocenters. The van der Waals surface area contributed by atoms with Crippen molar-refractivity contribution in [2.75, 3.05) is 12.0 Å². The molecule has 1 aromatic rings. The van der Waals surface area contributed by atoms with E-state index < -0.39 is 12.0 Å². The molecule has 1 rings (SSSR count). The Morgan fingerprint density at radius 2 is 2.05 bits per heavy atom. The lowest BCUT2D eigenvalue weighted by Crippen LogP contribution is -2.41. The summed E-state index contributed by atoms with van der Waals surface area (Å²) in [6.45, 7) is 3.79. The molecule has 104 valence electrons. The van der Waals surface area contributed by atoms with Gasteiger partial charge < -0.3 is 10.4 Å². The first kappa shape index (κ1) is 15.6. The lowest BCUT2D eigenvalue weighted by Gasteiger charge is -2.15. The van der Waals surface area contributed by atoms with E-state index in [1.54, 1.807) is 23.9 Å². The first-order valence-corrected chi connectivity index (χ1v) is 7.45. The molecule has 0 saturated heterocycles. The van der Waals surface area contributed by atoms with Crippen LogP contribution in [0.15, 0.2) is 18.2 Å². The number of amides is 1. The van der Waals surface area contributed by atoms with E-state index in [9.17, 15) is 9.59 Å². The number of aryl methyl sites for hydroxylation is 1. The van der Waals surface area contributed by atoms with Crippen molar-refractivity contribution in [1.29, 1.82) is 0 Å². The molecule has 1 aromatic carbocycles. The quantitative estimate of drug-likeness (QED) is 0.839. The maximum absolute atomic E-state index is 12.1. The van der Waals surface area contributed by atoms with Crippen LogP contribution in [0.25, 0.3) is 0 Å². The van der Waals surface area contributed by atoms with Gasteiger partial charge in [0.1, 0.15) is 6.04 Å². The first-order valence-electron chi connectivity index (χ1n) is 6.06. The molecule has 1 atom stereocenters. The van der Waals surface area contributed by atoms with Crippen LogP contribution in [0, 0.1) is 13.8 Å². The minimum atomic E-state index is -0.993. The molecule has 0 saturated carbocycles. The highest BCUT2D eigenvalue weighted by Crippen LogP contribution is 2.13. The van der Waals surface area contributed by atoms with Crippen LogP contribution in [0.2, 0.25) is 0 Å². The molecule has 0 aromatic heterocycles. The number of benzene rings is 1. The van der Waals surface area contributed by atoms with E-state index in [0.29, 0.717) is 17.7 Å². The SMILES string of the molecule is CSCC[C@H](NC(=O)c1cccc(C)c1C)C(=O)O. The number of rotatable bonds is 6. The number of carboxylic acids is 1. The second kappa shape index (κ2) is 7.19. The van der Waals surface area contributed by atoms with E-state index in [2.05, 4.69) is 5.32 Å². The fourth-order valence-electron chi connectivity index (χ4n) is 1.73. The zero-order valence-corrected chi connectivity index (χ0v) is 12.2. The van der Waals surface area contributed by atoms with Crippen LogP contribution < -0.4 is 5.32 Å². The fraction of sp³-hybridized carbons (Fsp3) is 0.429. The summed E-state index contributed by atoms with van der Waals surface area (Å²) in [5, 5.41) is 11.7. The third-order valence-corrected chi connectivity index (χ3v) is 3.71. The van der Waals surface area contributed by atoms with Gasteiger partial charge in [-0.05, 0) is 49.5 Å². The van der Waals surface area contributed by atoms with E-state index in [1.807, 2.05) is 26.2 Å². The van der Waals surface area contributed by atoms with Gasteiger partial charge in [0.25, 0.3) is 5.91 Å². The summed E-state index contributed by atoms with van der Waals surface area (Å²) in [6.07, 6.45) is 2.33. The summed E-state index contributed by atoms with van der Waals surface area (Å²) < 4.78 is 0. The van der Waals surface area contributed by atoms with Crippen molar-refractivity contribution < 1.29 is 14.7 Å². The summed E-state index contributed by atoms with van der Waals surface area (Å²) in [4.78, 5) is 23.2. The highest BCUT2D eigenvalue weighted by Gasteiger charge is 2.21. The third-order valence-electron chi connectivity index (χ3n) is 3.06. The number of nitrogens with one attached hydrogen (secondary N) is 1. The molecular formula is C14H19NO3S. The Hall–Kier alpha value is -1.49. The molecule has 0 radical (unpaired) electrons. The average molecular weight is 281 g/mol. The van der Waals surface area contributed by atoms with Gasteiger partial charge in [-0.1, -0.05) is 12.1 Å². The molecule has 0 aliphatic heterocycles. The molecule has 1 amide bonds. The molecule has 0 bridgehead atoms. The van der Waals surface area contributed by atoms with Crippen LogP contribution in [0.4, 0.5) is 0 Å². The van der Waals surface area contributed by atoms with Gasteiger partial charge >= 0.3 is 5.97 Å². The van der Waals surface area contributed by atoms with Crippen LogP contribution in [0.5, 0.6) is 0 Å². The monoisotopic (exact) mass is 281 g/mol. The highest BCUT2D eigenvalue weighted by molar-refractivity contribution is 7.98. The minimum Gasteiger partial charge on any atom is -0.480 e. The van der Waals surface area contributed by atoms with Crippen LogP contribution >= 0.6 is 11.8 Å². The minimum absolute atomic E-state index is 0.324. The normalized spacial score (nSPS) is 11.9. The summed E-state index contributed by atoms with van der Waals surface area (Å²) in [7, 11) is 0. The maximum Gasteiger partial charge on any atom is 0.326 e. The standard InChI is InChI=1S/C14H19NO3S/c1-9-5-4-6-11(10(9)2)13(16)15-12(14(17)18)7-8-19-3/h4-6,12H,7-8H2,1-3H3,(H,15,16)(H,17,18)/t12-/m0/s1. The van der Waals surface area contributed by atoms with E-state index in [0.717, 1.165) is 11.1 Å². The Kier molecular flexibility index (Phi) is 5.89. The predicted octanol–water partition coefficient (Wildman–Crippen LogP) is 2.24. The zero-order chi connectivity index (χ0) is 14.4. The van der Waals surface area contributed by atoms with Gasteiger partial charge in [0.2, 0.25) is 0 Å². The first-order chi connectivity index (χ1) is 8.97. The Morgan fingerprint density at radius 1 is 1.37 bits per heavy atom. The zero-order valence-electron chi connectivity index (χ0n) is 11.4. The Bertz CT molecular complexity index is 474. The molecule has 2 N–H and O–H groups in total. The molecule has 0 spiro atoms. The molecule has 0 aliphatic rings. The van der Waals surface area contributed by atoms with Crippen molar-refractivity contribution >= 4 is 23.6 Å². The average Bonchev–Trinajstić information content (AvgIpc) is 2.37. The van der Waals surface area contributed by atoms with Gasteiger partial charge in [-0.25, -0.2) is 4.79 Å². The van der Waals surface area contributed by atoms with Crippen molar-refractivity contribution in [2.24, 2.45) is 0 Å². The second-order valence-electron chi connectivity index (χ2n) is 4.39. The van der Waals surface area contributed by atoms with Crippen molar-refractivity contribution in [1.82, 2.24) is 5.32 Å². The lowest BCUT2D eigenvalue weighted by molar-refractivity contribution is -0.139. The second-order valence-corrected chi connectivity index (χ2v) is 5.38. The number of thioether (sulfide) groups is 1. The Labute approximate surface area is 117 Å². The Balaban J connectivity index is 2.82. The smallest absolute Gasteiger partial charge is 0.326 e. The number of aliphatic carboxylic acids is 1. The van der Waals surface area contributed by atoms with Crippen molar-refractivity contribution in [3.8, 4) is 0 Å². The summed E-state index contributed by atoms with van der Waals surface area (Å²) >= 11 is 1.56. The molecule has 19 heavy (non-hydrogen) atoms. The number of carboxylic acid groups (broad SMARTS) is 1. The van der Waals surface area contributed by atoms with Gasteiger partial charge in [-0.15, -0.1) is 0 Å². The number of carbonyl (C=O) groups is 2.